The number of aliphatic imine (C=N–C) groups is 1. The molecule has 0 amide bonds. The quantitative estimate of drug-likeness (QED) is 0.206. The van der Waals surface area contributed by atoms with Crippen molar-refractivity contribution >= 4 is 41.3 Å². The molecule has 0 bridgehead atoms. The van der Waals surface area contributed by atoms with Crippen LogP contribution in [0, 0.1) is 13.8 Å². The lowest BCUT2D eigenvalue weighted by Gasteiger charge is -2.26. The van der Waals surface area contributed by atoms with Crippen molar-refractivity contribution in [3.63, 3.8) is 0 Å². The lowest BCUT2D eigenvalue weighted by atomic mass is 10.3. The second kappa shape index (κ2) is 14.0. The molecule has 1 saturated heterocycles. The molecule has 3 heterocycles. The number of furan rings is 1. The number of halogens is 1. The summed E-state index contributed by atoms with van der Waals surface area (Å²) in [6.07, 6.45) is 4.51. The summed E-state index contributed by atoms with van der Waals surface area (Å²) in [5.41, 5.74) is 1.14. The van der Waals surface area contributed by atoms with Crippen LogP contribution in [0.4, 0.5) is 0 Å². The third-order valence-corrected chi connectivity index (χ3v) is 6.09. The van der Waals surface area contributed by atoms with Gasteiger partial charge in [0.25, 0.3) is 0 Å². The summed E-state index contributed by atoms with van der Waals surface area (Å²) in [5, 5.41) is 8.06. The van der Waals surface area contributed by atoms with E-state index in [4.69, 9.17) is 14.1 Å². The van der Waals surface area contributed by atoms with E-state index in [1.54, 1.807) is 17.6 Å². The van der Waals surface area contributed by atoms with Crippen LogP contribution in [0.1, 0.15) is 27.8 Å². The Hall–Kier alpha value is -1.17. The van der Waals surface area contributed by atoms with E-state index in [-0.39, 0.29) is 24.0 Å². The van der Waals surface area contributed by atoms with E-state index in [1.807, 2.05) is 12.1 Å². The first-order valence-electron chi connectivity index (χ1n) is 10.5. The van der Waals surface area contributed by atoms with Gasteiger partial charge in [-0.3, -0.25) is 9.89 Å². The van der Waals surface area contributed by atoms with Crippen molar-refractivity contribution in [2.45, 2.75) is 33.1 Å². The zero-order valence-electron chi connectivity index (χ0n) is 18.0. The zero-order valence-corrected chi connectivity index (χ0v) is 21.1. The van der Waals surface area contributed by atoms with Crippen molar-refractivity contribution in [3.8, 4) is 0 Å². The smallest absolute Gasteiger partial charge is 0.191 e. The fourth-order valence-electron chi connectivity index (χ4n) is 3.18. The van der Waals surface area contributed by atoms with Gasteiger partial charge in [0.1, 0.15) is 5.76 Å². The fraction of sp³-hybridized carbons (Fsp3) is 0.619. The number of guanidine groups is 1. The van der Waals surface area contributed by atoms with E-state index in [1.165, 1.54) is 9.88 Å². The van der Waals surface area contributed by atoms with Gasteiger partial charge in [-0.2, -0.15) is 0 Å². The van der Waals surface area contributed by atoms with Gasteiger partial charge in [0.2, 0.25) is 0 Å². The Morgan fingerprint density at radius 2 is 1.97 bits per heavy atom. The second-order valence-electron chi connectivity index (χ2n) is 7.22. The minimum atomic E-state index is 0. The molecule has 3 rings (SSSR count). The molecule has 2 aromatic rings. The van der Waals surface area contributed by atoms with Gasteiger partial charge >= 0.3 is 0 Å². The molecule has 1 aliphatic heterocycles. The van der Waals surface area contributed by atoms with Gasteiger partial charge in [-0.1, -0.05) is 0 Å². The van der Waals surface area contributed by atoms with Gasteiger partial charge in [0, 0.05) is 57.0 Å². The van der Waals surface area contributed by atoms with Crippen LogP contribution in [0.25, 0.3) is 0 Å². The third kappa shape index (κ3) is 8.91. The molecule has 0 atom stereocenters. The molecular weight excluding hydrogens is 513 g/mol. The largest absolute Gasteiger partial charge is 0.469 e. The first-order chi connectivity index (χ1) is 14.2. The molecule has 0 saturated carbocycles. The summed E-state index contributed by atoms with van der Waals surface area (Å²) in [6, 6.07) is 3.92. The zero-order chi connectivity index (χ0) is 20.3. The van der Waals surface area contributed by atoms with Crippen molar-refractivity contribution in [2.75, 3.05) is 52.5 Å². The monoisotopic (exact) mass is 547 g/mol. The lowest BCUT2D eigenvalue weighted by molar-refractivity contribution is 0.0377. The van der Waals surface area contributed by atoms with Crippen LogP contribution < -0.4 is 10.6 Å². The van der Waals surface area contributed by atoms with Crippen molar-refractivity contribution < 1.29 is 9.15 Å². The maximum Gasteiger partial charge on any atom is 0.191 e. The highest BCUT2D eigenvalue weighted by Gasteiger charge is 2.09. The van der Waals surface area contributed by atoms with E-state index in [2.05, 4.69) is 34.4 Å². The molecule has 0 radical (unpaired) electrons. The molecule has 0 aromatic carbocycles. The summed E-state index contributed by atoms with van der Waals surface area (Å²) >= 11 is 1.78. The average Bonchev–Trinajstić information content (AvgIpc) is 3.35. The minimum Gasteiger partial charge on any atom is -0.469 e. The summed E-state index contributed by atoms with van der Waals surface area (Å²) in [7, 11) is 0. The van der Waals surface area contributed by atoms with E-state index < -0.39 is 0 Å². The van der Waals surface area contributed by atoms with Crippen LogP contribution in [-0.4, -0.2) is 68.3 Å². The first kappa shape index (κ1) is 25.1. The highest BCUT2D eigenvalue weighted by Crippen LogP contribution is 2.16. The van der Waals surface area contributed by atoms with Crippen molar-refractivity contribution in [2.24, 2.45) is 4.99 Å². The Kier molecular flexibility index (Phi) is 11.7. The second-order valence-corrected chi connectivity index (χ2v) is 8.51. The predicted molar refractivity (Wildman–Crippen MR) is 133 cm³/mol. The number of nitrogens with one attached hydrogen (secondary N) is 2. The fourth-order valence-corrected chi connectivity index (χ4v) is 4.11. The number of hydrogen-bond acceptors (Lipinski definition) is 6. The first-order valence-corrected chi connectivity index (χ1v) is 11.3. The Morgan fingerprint density at radius 3 is 2.63 bits per heavy atom. The molecular formula is C21H34IN5O2S. The predicted octanol–water partition coefficient (Wildman–Crippen LogP) is 3.01. The Balaban J connectivity index is 0.00000320. The molecule has 30 heavy (non-hydrogen) atoms. The SMILES string of the molecule is Cc1nc(CCNC(=NCCCN2CCOCC2)NCCc2ccco2)sc1C.I. The van der Waals surface area contributed by atoms with E-state index in [0.717, 1.165) is 89.2 Å². The summed E-state index contributed by atoms with van der Waals surface area (Å²) < 4.78 is 10.8. The van der Waals surface area contributed by atoms with Crippen LogP contribution in [-0.2, 0) is 17.6 Å². The molecule has 1 fully saturated rings. The van der Waals surface area contributed by atoms with Crippen molar-refractivity contribution in [1.29, 1.82) is 0 Å². The van der Waals surface area contributed by atoms with Gasteiger partial charge in [-0.05, 0) is 32.4 Å². The van der Waals surface area contributed by atoms with Crippen molar-refractivity contribution in [1.82, 2.24) is 20.5 Å². The molecule has 2 aromatic heterocycles. The molecule has 9 heteroatoms. The maximum absolute atomic E-state index is 5.41. The maximum atomic E-state index is 5.41. The Labute approximate surface area is 200 Å². The van der Waals surface area contributed by atoms with Crippen molar-refractivity contribution in [3.05, 3.63) is 39.7 Å². The number of rotatable bonds is 10. The van der Waals surface area contributed by atoms with E-state index in [9.17, 15) is 0 Å². The van der Waals surface area contributed by atoms with Gasteiger partial charge in [-0.25, -0.2) is 4.98 Å². The van der Waals surface area contributed by atoms with Crippen LogP contribution in [0.3, 0.4) is 0 Å². The van der Waals surface area contributed by atoms with Gasteiger partial charge in [-0.15, -0.1) is 35.3 Å². The van der Waals surface area contributed by atoms with Crippen LogP contribution in [0.2, 0.25) is 0 Å². The van der Waals surface area contributed by atoms with E-state index >= 15 is 0 Å². The highest BCUT2D eigenvalue weighted by atomic mass is 127. The van der Waals surface area contributed by atoms with Gasteiger partial charge in [0.15, 0.2) is 5.96 Å². The number of morpholine rings is 1. The molecule has 0 unspecified atom stereocenters. The molecule has 0 aliphatic carbocycles. The van der Waals surface area contributed by atoms with Gasteiger partial charge < -0.3 is 19.8 Å². The molecule has 2 N–H and O–H groups in total. The molecule has 0 spiro atoms. The van der Waals surface area contributed by atoms with Crippen LogP contribution >= 0.6 is 35.3 Å². The van der Waals surface area contributed by atoms with Crippen LogP contribution in [0.15, 0.2) is 27.8 Å². The van der Waals surface area contributed by atoms with Gasteiger partial charge in [0.05, 0.1) is 30.2 Å². The topological polar surface area (TPSA) is 74.9 Å². The average molecular weight is 548 g/mol. The number of aromatic nitrogens is 1. The highest BCUT2D eigenvalue weighted by molar-refractivity contribution is 14.0. The standard InChI is InChI=1S/C21H33N5O2S.HI/c1-17-18(2)29-20(25-17)7-10-24-21(23-9-6-19-5-3-14-28-19)22-8-4-11-26-12-15-27-16-13-26;/h3,5,14H,4,6-13,15-16H2,1-2H3,(H2,22,23,24);1H. The minimum absolute atomic E-state index is 0. The number of aryl methyl sites for hydroxylation is 2. The number of ether oxygens (including phenoxy) is 1. The Morgan fingerprint density at radius 1 is 1.20 bits per heavy atom. The summed E-state index contributed by atoms with van der Waals surface area (Å²) in [5.74, 6) is 1.85. The lowest BCUT2D eigenvalue weighted by Crippen LogP contribution is -2.40. The number of hydrogen-bond donors (Lipinski definition) is 2. The number of thiazole rings is 1. The third-order valence-electron chi connectivity index (χ3n) is 4.95. The molecule has 168 valence electrons. The summed E-state index contributed by atoms with van der Waals surface area (Å²) in [6.45, 7) is 11.4. The Bertz CT molecular complexity index is 725. The summed E-state index contributed by atoms with van der Waals surface area (Å²) in [4.78, 5) is 13.1. The molecule has 7 nitrogen and oxygen atoms in total. The number of nitrogens with zero attached hydrogens (tertiary/aromatic N) is 3. The normalized spacial score (nSPS) is 15.1. The van der Waals surface area contributed by atoms with E-state index in [0.29, 0.717) is 0 Å². The van der Waals surface area contributed by atoms with Crippen LogP contribution in [0.5, 0.6) is 0 Å². The molecule has 1 aliphatic rings.